The number of amides is 2. The fraction of sp³-hybridized carbons (Fsp3) is 0.500. The molecule has 0 saturated carbocycles. The number of fused-ring (bicyclic) bond motifs is 1. The Morgan fingerprint density at radius 3 is 2.80 bits per heavy atom. The van der Waals surface area contributed by atoms with Crippen molar-refractivity contribution in [3.05, 3.63) is 53.1 Å². The van der Waals surface area contributed by atoms with Gasteiger partial charge in [-0.1, -0.05) is 19.1 Å². The van der Waals surface area contributed by atoms with Crippen molar-refractivity contribution in [2.75, 3.05) is 25.1 Å². The summed E-state index contributed by atoms with van der Waals surface area (Å²) in [6.45, 7) is 4.58. The first kappa shape index (κ1) is 20.5. The van der Waals surface area contributed by atoms with Crippen LogP contribution in [0.5, 0.6) is 0 Å². The minimum Gasteiger partial charge on any atom is -0.381 e. The van der Waals surface area contributed by atoms with Crippen molar-refractivity contribution >= 4 is 12.0 Å². The minimum absolute atomic E-state index is 0.130. The van der Waals surface area contributed by atoms with E-state index in [2.05, 4.69) is 20.6 Å². The molecule has 0 bridgehead atoms. The molecule has 7 nitrogen and oxygen atoms in total. The largest absolute Gasteiger partial charge is 0.381 e. The molecule has 0 spiro atoms. The number of aromatic nitrogens is 2. The maximum absolute atomic E-state index is 13.2. The highest BCUT2D eigenvalue weighted by Gasteiger charge is 2.25. The summed E-state index contributed by atoms with van der Waals surface area (Å²) in [7, 11) is 0. The van der Waals surface area contributed by atoms with Gasteiger partial charge >= 0.3 is 6.03 Å². The number of halogens is 1. The number of hydrogen-bond acceptors (Lipinski definition) is 5. The van der Waals surface area contributed by atoms with Gasteiger partial charge in [-0.2, -0.15) is 0 Å². The van der Waals surface area contributed by atoms with E-state index in [9.17, 15) is 9.18 Å². The molecule has 160 valence electrons. The summed E-state index contributed by atoms with van der Waals surface area (Å²) >= 11 is 0. The first-order valence-corrected chi connectivity index (χ1v) is 10.6. The van der Waals surface area contributed by atoms with E-state index in [1.165, 1.54) is 12.1 Å². The van der Waals surface area contributed by atoms with E-state index in [4.69, 9.17) is 4.74 Å². The van der Waals surface area contributed by atoms with E-state index < -0.39 is 0 Å². The SMILES string of the molecule is CCC(NC(=O)N1CCc2cnc(NC3CCOCC3)nc2C1)c1ccc(F)cc1. The van der Waals surface area contributed by atoms with Crippen molar-refractivity contribution in [2.45, 2.75) is 51.2 Å². The zero-order chi connectivity index (χ0) is 20.9. The first-order chi connectivity index (χ1) is 14.6. The third-order valence-electron chi connectivity index (χ3n) is 5.77. The maximum Gasteiger partial charge on any atom is 0.318 e. The average Bonchev–Trinajstić information content (AvgIpc) is 2.78. The van der Waals surface area contributed by atoms with Gasteiger partial charge in [0.05, 0.1) is 18.3 Å². The van der Waals surface area contributed by atoms with Gasteiger partial charge in [0.25, 0.3) is 0 Å². The lowest BCUT2D eigenvalue weighted by molar-refractivity contribution is 0.0903. The summed E-state index contributed by atoms with van der Waals surface area (Å²) in [5, 5.41) is 6.47. The molecule has 2 aliphatic rings. The quantitative estimate of drug-likeness (QED) is 0.785. The molecule has 1 fully saturated rings. The second kappa shape index (κ2) is 9.38. The second-order valence-electron chi connectivity index (χ2n) is 7.83. The maximum atomic E-state index is 13.2. The summed E-state index contributed by atoms with van der Waals surface area (Å²) < 4.78 is 18.6. The number of anilines is 1. The molecule has 2 N–H and O–H groups in total. The zero-order valence-electron chi connectivity index (χ0n) is 17.2. The lowest BCUT2D eigenvalue weighted by Gasteiger charge is -2.30. The highest BCUT2D eigenvalue weighted by molar-refractivity contribution is 5.75. The number of carbonyl (C=O) groups excluding carboxylic acids is 1. The van der Waals surface area contributed by atoms with Gasteiger partial charge in [0, 0.05) is 32.0 Å². The molecule has 1 aromatic carbocycles. The molecule has 8 heteroatoms. The van der Waals surface area contributed by atoms with Crippen LogP contribution < -0.4 is 10.6 Å². The third kappa shape index (κ3) is 4.87. The van der Waals surface area contributed by atoms with Crippen LogP contribution in [0.1, 0.15) is 49.0 Å². The molecule has 1 saturated heterocycles. The van der Waals surface area contributed by atoms with Gasteiger partial charge in [-0.3, -0.25) is 0 Å². The van der Waals surface area contributed by atoms with Crippen molar-refractivity contribution in [3.63, 3.8) is 0 Å². The Hall–Kier alpha value is -2.74. The van der Waals surface area contributed by atoms with Crippen LogP contribution in [-0.2, 0) is 17.7 Å². The molecule has 0 aliphatic carbocycles. The fourth-order valence-corrected chi connectivity index (χ4v) is 3.93. The second-order valence-corrected chi connectivity index (χ2v) is 7.83. The molecule has 1 unspecified atom stereocenters. The summed E-state index contributed by atoms with van der Waals surface area (Å²) in [6.07, 6.45) is 5.21. The molecule has 2 aromatic rings. The molecular formula is C22H28FN5O2. The van der Waals surface area contributed by atoms with Crippen molar-refractivity contribution in [3.8, 4) is 0 Å². The Kier molecular flexibility index (Phi) is 6.42. The summed E-state index contributed by atoms with van der Waals surface area (Å²) in [5.74, 6) is 0.332. The van der Waals surface area contributed by atoms with Crippen LogP contribution in [0.3, 0.4) is 0 Å². The van der Waals surface area contributed by atoms with Gasteiger partial charge in [0.2, 0.25) is 5.95 Å². The van der Waals surface area contributed by atoms with E-state index >= 15 is 0 Å². The number of rotatable bonds is 5. The van der Waals surface area contributed by atoms with Crippen molar-refractivity contribution in [1.29, 1.82) is 0 Å². The Bertz CT molecular complexity index is 870. The van der Waals surface area contributed by atoms with Gasteiger partial charge in [0.15, 0.2) is 0 Å². The van der Waals surface area contributed by atoms with E-state index in [1.54, 1.807) is 17.0 Å². The van der Waals surface area contributed by atoms with Crippen LogP contribution >= 0.6 is 0 Å². The lowest BCUT2D eigenvalue weighted by Crippen LogP contribution is -2.44. The van der Waals surface area contributed by atoms with Gasteiger partial charge in [0.1, 0.15) is 5.82 Å². The molecule has 0 radical (unpaired) electrons. The van der Waals surface area contributed by atoms with E-state index in [0.29, 0.717) is 25.1 Å². The van der Waals surface area contributed by atoms with E-state index in [0.717, 1.165) is 55.7 Å². The first-order valence-electron chi connectivity index (χ1n) is 10.6. The van der Waals surface area contributed by atoms with Gasteiger partial charge in [-0.25, -0.2) is 19.2 Å². The van der Waals surface area contributed by atoms with E-state index in [1.807, 2.05) is 13.1 Å². The number of urea groups is 1. The van der Waals surface area contributed by atoms with Gasteiger partial charge < -0.3 is 20.3 Å². The smallest absolute Gasteiger partial charge is 0.318 e. The van der Waals surface area contributed by atoms with Crippen molar-refractivity contribution < 1.29 is 13.9 Å². The van der Waals surface area contributed by atoms with Gasteiger partial charge in [-0.05, 0) is 48.9 Å². The standard InChI is InChI=1S/C22H28FN5O2/c1-2-19(15-3-5-17(23)6-4-15)27-22(29)28-10-7-16-13-24-21(26-20(16)14-28)25-18-8-11-30-12-9-18/h3-6,13,18-19H,2,7-12,14H2,1H3,(H,27,29)(H,24,25,26). The van der Waals surface area contributed by atoms with Gasteiger partial charge in [-0.15, -0.1) is 0 Å². The molecule has 4 rings (SSSR count). The molecule has 1 atom stereocenters. The topological polar surface area (TPSA) is 79.4 Å². The predicted octanol–water partition coefficient (Wildman–Crippen LogP) is 3.43. The number of ether oxygens (including phenoxy) is 1. The zero-order valence-corrected chi connectivity index (χ0v) is 17.2. The normalized spacial score (nSPS) is 17.9. The molecule has 30 heavy (non-hydrogen) atoms. The van der Waals surface area contributed by atoms with Crippen LogP contribution in [-0.4, -0.2) is 46.7 Å². The fourth-order valence-electron chi connectivity index (χ4n) is 3.93. The predicted molar refractivity (Wildman–Crippen MR) is 112 cm³/mol. The highest BCUT2D eigenvalue weighted by atomic mass is 19.1. The van der Waals surface area contributed by atoms with Crippen molar-refractivity contribution in [2.24, 2.45) is 0 Å². The molecule has 2 amide bonds. The Labute approximate surface area is 176 Å². The monoisotopic (exact) mass is 413 g/mol. The number of benzene rings is 1. The Morgan fingerprint density at radius 2 is 2.07 bits per heavy atom. The average molecular weight is 413 g/mol. The van der Waals surface area contributed by atoms with Crippen LogP contribution in [0.4, 0.5) is 15.1 Å². The summed E-state index contributed by atoms with van der Waals surface area (Å²) in [5.41, 5.74) is 2.87. The molecule has 3 heterocycles. The van der Waals surface area contributed by atoms with E-state index in [-0.39, 0.29) is 17.9 Å². The summed E-state index contributed by atoms with van der Waals surface area (Å²) in [4.78, 5) is 23.8. The number of nitrogens with zero attached hydrogens (tertiary/aromatic N) is 3. The Balaban J connectivity index is 1.40. The van der Waals surface area contributed by atoms with Crippen molar-refractivity contribution in [1.82, 2.24) is 20.2 Å². The van der Waals surface area contributed by atoms with Crippen LogP contribution in [0, 0.1) is 5.82 Å². The van der Waals surface area contributed by atoms with Crippen LogP contribution in [0.2, 0.25) is 0 Å². The molecule has 1 aromatic heterocycles. The number of hydrogen-bond donors (Lipinski definition) is 2. The lowest BCUT2D eigenvalue weighted by atomic mass is 10.0. The molecule has 2 aliphatic heterocycles. The van der Waals surface area contributed by atoms with Crippen LogP contribution in [0.15, 0.2) is 30.5 Å². The highest BCUT2D eigenvalue weighted by Crippen LogP contribution is 2.21. The minimum atomic E-state index is -0.280. The molecular weight excluding hydrogens is 385 g/mol. The summed E-state index contributed by atoms with van der Waals surface area (Å²) in [6, 6.07) is 6.31. The third-order valence-corrected chi connectivity index (χ3v) is 5.77. The van der Waals surface area contributed by atoms with Crippen LogP contribution in [0.25, 0.3) is 0 Å². The number of nitrogens with one attached hydrogen (secondary N) is 2. The Morgan fingerprint density at radius 1 is 1.30 bits per heavy atom. The number of carbonyl (C=O) groups is 1.